The Balaban J connectivity index is 1.32. The number of unbranched alkanes of at least 4 members (excludes halogenated alkanes) is 1. The van der Waals surface area contributed by atoms with Crippen molar-refractivity contribution in [3.8, 4) is 0 Å². The summed E-state index contributed by atoms with van der Waals surface area (Å²) >= 11 is 13.2. The summed E-state index contributed by atoms with van der Waals surface area (Å²) in [5, 5.41) is 3.71. The molecule has 0 aromatic heterocycles. The molecule has 4 saturated carbocycles. The van der Waals surface area contributed by atoms with Gasteiger partial charge in [0.1, 0.15) is 12.6 Å². The van der Waals surface area contributed by atoms with Crippen molar-refractivity contribution in [2.45, 2.75) is 82.7 Å². The molecule has 3 aromatic carbocycles. The molecule has 262 valence electrons. The van der Waals surface area contributed by atoms with Crippen molar-refractivity contribution in [3.05, 3.63) is 99.5 Å². The topological polar surface area (TPSA) is 86.8 Å². The molecule has 4 aliphatic rings. The van der Waals surface area contributed by atoms with E-state index in [1.165, 1.54) is 49.0 Å². The van der Waals surface area contributed by atoms with Crippen LogP contribution in [-0.2, 0) is 38.0 Å². The molecule has 7 nitrogen and oxygen atoms in total. The predicted octanol–water partition coefficient (Wildman–Crippen LogP) is 7.78. The van der Waals surface area contributed by atoms with Crippen molar-refractivity contribution < 1.29 is 18.0 Å². The second-order valence-corrected chi connectivity index (χ2v) is 17.3. The third-order valence-electron chi connectivity index (χ3n) is 11.0. The third-order valence-corrected chi connectivity index (χ3v) is 12.8. The Morgan fingerprint density at radius 1 is 0.878 bits per heavy atom. The molecule has 0 spiro atoms. The van der Waals surface area contributed by atoms with Crippen molar-refractivity contribution in [2.24, 2.45) is 17.8 Å². The van der Waals surface area contributed by atoms with Crippen LogP contribution in [0.1, 0.15) is 75.0 Å². The summed E-state index contributed by atoms with van der Waals surface area (Å²) in [4.78, 5) is 29.8. The molecule has 0 saturated heterocycles. The van der Waals surface area contributed by atoms with E-state index in [9.17, 15) is 18.0 Å². The highest BCUT2D eigenvalue weighted by Gasteiger charge is 2.51. The van der Waals surface area contributed by atoms with Gasteiger partial charge in [0, 0.05) is 35.1 Å². The number of halogens is 2. The minimum Gasteiger partial charge on any atom is -0.354 e. The lowest BCUT2D eigenvalue weighted by atomic mass is 9.48. The SMILES string of the molecule is CCCCNC(=O)[C@@H](Cc1ccccc1)N(Cc1c(Cl)cccc1Cl)C(=O)CN(c1ccc(C23CC4CC(CC(C4)C2)C3)cc1)S(C)(=O)=O. The largest absolute Gasteiger partial charge is 0.354 e. The number of benzene rings is 3. The number of rotatable bonds is 14. The molecule has 0 radical (unpaired) electrons. The van der Waals surface area contributed by atoms with Gasteiger partial charge in [-0.15, -0.1) is 0 Å². The summed E-state index contributed by atoms with van der Waals surface area (Å²) in [6, 6.07) is 21.5. The maximum absolute atomic E-state index is 14.5. The van der Waals surface area contributed by atoms with Gasteiger partial charge >= 0.3 is 0 Å². The van der Waals surface area contributed by atoms with Crippen molar-refractivity contribution in [2.75, 3.05) is 23.7 Å². The minimum atomic E-state index is -3.88. The summed E-state index contributed by atoms with van der Waals surface area (Å²) in [6.07, 6.45) is 10.7. The first-order valence-corrected chi connectivity index (χ1v) is 20.2. The quantitative estimate of drug-likeness (QED) is 0.172. The Kier molecular flexibility index (Phi) is 11.0. The second kappa shape index (κ2) is 15.0. The monoisotopic (exact) mass is 723 g/mol. The first-order chi connectivity index (χ1) is 23.5. The van der Waals surface area contributed by atoms with Gasteiger partial charge < -0.3 is 10.2 Å². The maximum Gasteiger partial charge on any atom is 0.244 e. The molecule has 1 N–H and O–H groups in total. The summed E-state index contributed by atoms with van der Waals surface area (Å²) in [6.45, 7) is 1.95. The van der Waals surface area contributed by atoms with Crippen LogP contribution in [0.3, 0.4) is 0 Å². The number of carbonyl (C=O) groups is 2. The van der Waals surface area contributed by atoms with Crippen LogP contribution in [0.15, 0.2) is 72.8 Å². The molecule has 0 aliphatic heterocycles. The summed E-state index contributed by atoms with van der Waals surface area (Å²) in [7, 11) is -3.88. The van der Waals surface area contributed by atoms with Gasteiger partial charge in [-0.1, -0.05) is 85.1 Å². The molecular weight excluding hydrogens is 677 g/mol. The molecule has 49 heavy (non-hydrogen) atoms. The fourth-order valence-corrected chi connectivity index (χ4v) is 10.3. The lowest BCUT2D eigenvalue weighted by molar-refractivity contribution is -0.140. The Bertz CT molecular complexity index is 1690. The zero-order chi connectivity index (χ0) is 34.8. The minimum absolute atomic E-state index is 0.0708. The van der Waals surface area contributed by atoms with Crippen LogP contribution in [0.5, 0.6) is 0 Å². The van der Waals surface area contributed by atoms with Gasteiger partial charge in [0.05, 0.1) is 11.9 Å². The van der Waals surface area contributed by atoms with E-state index in [0.717, 1.165) is 46.7 Å². The number of amides is 2. The van der Waals surface area contributed by atoms with E-state index in [0.29, 0.717) is 27.8 Å². The molecule has 10 heteroatoms. The molecule has 2 amide bonds. The Morgan fingerprint density at radius 2 is 1.47 bits per heavy atom. The van der Waals surface area contributed by atoms with E-state index in [2.05, 4.69) is 17.4 Å². The average Bonchev–Trinajstić information content (AvgIpc) is 3.06. The van der Waals surface area contributed by atoms with Gasteiger partial charge in [-0.25, -0.2) is 8.42 Å². The van der Waals surface area contributed by atoms with E-state index >= 15 is 0 Å². The predicted molar refractivity (Wildman–Crippen MR) is 197 cm³/mol. The standard InChI is InChI=1S/C39H47Cl2N3O4S/c1-3-4-17-42-38(46)36(21-27-9-6-5-7-10-27)43(25-33-34(40)11-8-12-35(33)41)37(45)26-44(49(2,47)48)32-15-13-31(14-16-32)39-22-28-18-29(23-39)20-30(19-28)24-39/h5-16,28-30,36H,3-4,17-26H2,1-2H3,(H,42,46)/t28?,29?,30?,36-,39?/m1/s1. The van der Waals surface area contributed by atoms with E-state index in [4.69, 9.17) is 23.2 Å². The van der Waals surface area contributed by atoms with Crippen LogP contribution >= 0.6 is 23.2 Å². The van der Waals surface area contributed by atoms with Crippen LogP contribution in [0.2, 0.25) is 10.0 Å². The van der Waals surface area contributed by atoms with Crippen LogP contribution in [-0.4, -0.2) is 50.5 Å². The highest BCUT2D eigenvalue weighted by atomic mass is 35.5. The smallest absolute Gasteiger partial charge is 0.244 e. The fraction of sp³-hybridized carbons (Fsp3) is 0.487. The normalized spacial score (nSPS) is 23.2. The molecule has 0 heterocycles. The summed E-state index contributed by atoms with van der Waals surface area (Å²) < 4.78 is 27.9. The highest BCUT2D eigenvalue weighted by Crippen LogP contribution is 2.60. The highest BCUT2D eigenvalue weighted by molar-refractivity contribution is 7.92. The molecule has 4 fully saturated rings. The number of carbonyl (C=O) groups excluding carboxylic acids is 2. The second-order valence-electron chi connectivity index (χ2n) is 14.6. The van der Waals surface area contributed by atoms with E-state index < -0.39 is 28.5 Å². The summed E-state index contributed by atoms with van der Waals surface area (Å²) in [5.74, 6) is 1.52. The van der Waals surface area contributed by atoms with E-state index in [1.807, 2.05) is 49.4 Å². The number of hydrogen-bond donors (Lipinski definition) is 1. The van der Waals surface area contributed by atoms with Crippen molar-refractivity contribution in [1.82, 2.24) is 10.2 Å². The van der Waals surface area contributed by atoms with Gasteiger partial charge in [0.15, 0.2) is 0 Å². The lowest BCUT2D eigenvalue weighted by Crippen LogP contribution is -2.53. The van der Waals surface area contributed by atoms with Crippen LogP contribution in [0, 0.1) is 17.8 Å². The fourth-order valence-electron chi connectivity index (χ4n) is 8.97. The van der Waals surface area contributed by atoms with Crippen LogP contribution in [0.25, 0.3) is 0 Å². The van der Waals surface area contributed by atoms with Gasteiger partial charge in [-0.3, -0.25) is 13.9 Å². The number of sulfonamides is 1. The molecule has 3 aromatic rings. The molecule has 4 bridgehead atoms. The van der Waals surface area contributed by atoms with Crippen molar-refractivity contribution in [3.63, 3.8) is 0 Å². The molecule has 7 rings (SSSR count). The van der Waals surface area contributed by atoms with Crippen molar-refractivity contribution in [1.29, 1.82) is 0 Å². The zero-order valence-corrected chi connectivity index (χ0v) is 30.7. The van der Waals surface area contributed by atoms with E-state index in [-0.39, 0.29) is 24.3 Å². The van der Waals surface area contributed by atoms with E-state index in [1.54, 1.807) is 18.2 Å². The number of nitrogens with zero attached hydrogens (tertiary/aromatic N) is 2. The molecular formula is C39H47Cl2N3O4S. The first-order valence-electron chi connectivity index (χ1n) is 17.6. The Hall–Kier alpha value is -3.07. The molecule has 4 aliphatic carbocycles. The average molecular weight is 725 g/mol. The Labute approximate surface area is 301 Å². The third kappa shape index (κ3) is 8.13. The van der Waals surface area contributed by atoms with Gasteiger partial charge in [0.25, 0.3) is 0 Å². The van der Waals surface area contributed by atoms with Gasteiger partial charge in [-0.2, -0.15) is 0 Å². The summed E-state index contributed by atoms with van der Waals surface area (Å²) in [5.41, 5.74) is 3.22. The van der Waals surface area contributed by atoms with Crippen molar-refractivity contribution >= 4 is 50.7 Å². The number of anilines is 1. The molecule has 1 atom stereocenters. The molecule has 0 unspecified atom stereocenters. The van der Waals surface area contributed by atoms with Gasteiger partial charge in [-0.05, 0) is 104 Å². The Morgan fingerprint density at radius 3 is 2.02 bits per heavy atom. The first kappa shape index (κ1) is 35.7. The van der Waals surface area contributed by atoms with Gasteiger partial charge in [0.2, 0.25) is 21.8 Å². The number of nitrogens with one attached hydrogen (secondary N) is 1. The number of hydrogen-bond acceptors (Lipinski definition) is 4. The zero-order valence-electron chi connectivity index (χ0n) is 28.4. The van der Waals surface area contributed by atoms with Crippen LogP contribution < -0.4 is 9.62 Å². The van der Waals surface area contributed by atoms with Crippen LogP contribution in [0.4, 0.5) is 5.69 Å². The maximum atomic E-state index is 14.5. The lowest BCUT2D eigenvalue weighted by Gasteiger charge is -2.57.